The van der Waals surface area contributed by atoms with Gasteiger partial charge in [0.05, 0.1) is 11.4 Å². The summed E-state index contributed by atoms with van der Waals surface area (Å²) in [5.74, 6) is -0.774. The Bertz CT molecular complexity index is 808. The lowest BCUT2D eigenvalue weighted by Gasteiger charge is -2.03. The maximum Gasteiger partial charge on any atom is 0.276 e. The van der Waals surface area contributed by atoms with E-state index in [1.165, 1.54) is 34.1 Å². The van der Waals surface area contributed by atoms with Crippen LogP contribution in [0.2, 0.25) is 0 Å². The number of imidazole rings is 1. The summed E-state index contributed by atoms with van der Waals surface area (Å²) in [4.78, 5) is 20.7. The summed E-state index contributed by atoms with van der Waals surface area (Å²) >= 11 is 1.34. The number of hydrogen-bond donors (Lipinski definition) is 1. The molecule has 0 unspecified atom stereocenters. The monoisotopic (exact) mass is 290 g/mol. The average Bonchev–Trinajstić information content (AvgIpc) is 2.91. The summed E-state index contributed by atoms with van der Waals surface area (Å²) in [5.41, 5.74) is 2.23. The van der Waals surface area contributed by atoms with E-state index in [-0.39, 0.29) is 5.91 Å². The molecule has 0 spiro atoms. The predicted molar refractivity (Wildman–Crippen MR) is 74.7 cm³/mol. The molecule has 1 amide bonds. The van der Waals surface area contributed by atoms with E-state index in [4.69, 9.17) is 0 Å². The van der Waals surface area contributed by atoms with Gasteiger partial charge in [-0.3, -0.25) is 14.5 Å². The van der Waals surface area contributed by atoms with Crippen molar-refractivity contribution in [1.29, 1.82) is 0 Å². The van der Waals surface area contributed by atoms with E-state index in [0.29, 0.717) is 22.2 Å². The first-order chi connectivity index (χ1) is 9.54. The number of anilines is 1. The van der Waals surface area contributed by atoms with E-state index in [0.717, 1.165) is 5.69 Å². The van der Waals surface area contributed by atoms with E-state index < -0.39 is 5.82 Å². The quantitative estimate of drug-likeness (QED) is 0.789. The molecule has 0 bridgehead atoms. The van der Waals surface area contributed by atoms with Crippen LogP contribution in [0.1, 0.15) is 21.9 Å². The first-order valence-electron chi connectivity index (χ1n) is 5.92. The van der Waals surface area contributed by atoms with Crippen LogP contribution in [0, 0.1) is 19.7 Å². The molecule has 1 N–H and O–H groups in total. The number of nitrogens with one attached hydrogen (secondary N) is 1. The second-order valence-corrected chi connectivity index (χ2v) is 5.23. The summed E-state index contributed by atoms with van der Waals surface area (Å²) in [5, 5.41) is 5.06. The number of nitrogens with zero attached hydrogens (tertiary/aromatic N) is 3. The summed E-state index contributed by atoms with van der Waals surface area (Å²) in [6, 6.07) is 2.85. The smallest absolute Gasteiger partial charge is 0.276 e. The van der Waals surface area contributed by atoms with Crippen molar-refractivity contribution < 1.29 is 9.18 Å². The minimum atomic E-state index is -0.422. The largest absolute Gasteiger partial charge is 0.296 e. The molecule has 3 aromatic rings. The highest BCUT2D eigenvalue weighted by atomic mass is 32.1. The Hall–Kier alpha value is -2.28. The Morgan fingerprint density at radius 3 is 2.85 bits per heavy atom. The Morgan fingerprint density at radius 1 is 1.35 bits per heavy atom. The number of amides is 1. The molecule has 0 atom stereocenters. The number of thiazole rings is 1. The van der Waals surface area contributed by atoms with Crippen LogP contribution in [0.15, 0.2) is 23.7 Å². The van der Waals surface area contributed by atoms with Crippen LogP contribution in [-0.4, -0.2) is 20.3 Å². The second kappa shape index (κ2) is 4.68. The lowest BCUT2D eigenvalue weighted by Crippen LogP contribution is -2.15. The van der Waals surface area contributed by atoms with Gasteiger partial charge in [-0.2, -0.15) is 0 Å². The van der Waals surface area contributed by atoms with Crippen molar-refractivity contribution in [2.24, 2.45) is 0 Å². The van der Waals surface area contributed by atoms with Gasteiger partial charge in [0.2, 0.25) is 0 Å². The summed E-state index contributed by atoms with van der Waals surface area (Å²) in [6.07, 6.45) is 1.25. The lowest BCUT2D eigenvalue weighted by atomic mass is 10.3. The fourth-order valence-corrected chi connectivity index (χ4v) is 2.66. The molecule has 0 radical (unpaired) electrons. The van der Waals surface area contributed by atoms with Gasteiger partial charge in [0.1, 0.15) is 17.2 Å². The Kier molecular flexibility index (Phi) is 2.98. The van der Waals surface area contributed by atoms with E-state index in [1.54, 1.807) is 6.92 Å². The molecule has 0 fully saturated rings. The molecule has 0 aromatic carbocycles. The van der Waals surface area contributed by atoms with Gasteiger partial charge < -0.3 is 0 Å². The summed E-state index contributed by atoms with van der Waals surface area (Å²) in [6.45, 7) is 3.56. The van der Waals surface area contributed by atoms with Crippen molar-refractivity contribution in [2.75, 3.05) is 5.32 Å². The van der Waals surface area contributed by atoms with Gasteiger partial charge in [-0.1, -0.05) is 0 Å². The zero-order valence-corrected chi connectivity index (χ0v) is 11.7. The summed E-state index contributed by atoms with van der Waals surface area (Å²) in [7, 11) is 0. The summed E-state index contributed by atoms with van der Waals surface area (Å²) < 4.78 is 14.8. The molecule has 0 aliphatic rings. The van der Waals surface area contributed by atoms with E-state index in [1.807, 2.05) is 12.3 Å². The van der Waals surface area contributed by atoms with Crippen LogP contribution in [0.3, 0.4) is 0 Å². The molecule has 7 heteroatoms. The number of carbonyl (C=O) groups is 1. The second-order valence-electron chi connectivity index (χ2n) is 4.37. The highest BCUT2D eigenvalue weighted by Crippen LogP contribution is 2.18. The third-order valence-corrected chi connectivity index (χ3v) is 3.69. The van der Waals surface area contributed by atoms with Gasteiger partial charge in [-0.05, 0) is 26.0 Å². The number of aromatic nitrogens is 3. The van der Waals surface area contributed by atoms with Crippen molar-refractivity contribution in [2.45, 2.75) is 13.8 Å². The number of aryl methyl sites for hydroxylation is 2. The fourth-order valence-electron chi connectivity index (χ4n) is 1.98. The fraction of sp³-hybridized carbons (Fsp3) is 0.154. The molecule has 0 saturated heterocycles. The van der Waals surface area contributed by atoms with Crippen LogP contribution in [-0.2, 0) is 0 Å². The minimum Gasteiger partial charge on any atom is -0.296 e. The highest BCUT2D eigenvalue weighted by Gasteiger charge is 2.18. The van der Waals surface area contributed by atoms with Crippen LogP contribution in [0.4, 0.5) is 9.52 Å². The van der Waals surface area contributed by atoms with Crippen molar-refractivity contribution >= 4 is 28.0 Å². The SMILES string of the molecule is Cc1csc(NC(=O)c2c(C)nc3ccc(F)cn23)n1. The molecule has 0 aliphatic carbocycles. The van der Waals surface area contributed by atoms with E-state index in [9.17, 15) is 9.18 Å². The number of hydrogen-bond acceptors (Lipinski definition) is 4. The standard InChI is InChI=1S/C13H11FN4OS/c1-7-6-20-13(15-7)17-12(19)11-8(2)16-10-4-3-9(14)5-18(10)11/h3-6H,1-2H3,(H,15,17,19). The van der Waals surface area contributed by atoms with Gasteiger partial charge >= 0.3 is 0 Å². The number of rotatable bonds is 2. The van der Waals surface area contributed by atoms with Crippen molar-refractivity contribution in [1.82, 2.24) is 14.4 Å². The van der Waals surface area contributed by atoms with Crippen LogP contribution in [0.25, 0.3) is 5.65 Å². The molecule has 3 rings (SSSR count). The minimum absolute atomic E-state index is 0.312. The molecule has 3 heterocycles. The molecule has 0 saturated carbocycles. The van der Waals surface area contributed by atoms with Crippen molar-refractivity contribution in [3.05, 3.63) is 46.6 Å². The first kappa shape index (κ1) is 12.7. The van der Waals surface area contributed by atoms with Gasteiger partial charge in [-0.15, -0.1) is 11.3 Å². The topological polar surface area (TPSA) is 59.3 Å². The maximum absolute atomic E-state index is 13.3. The highest BCUT2D eigenvalue weighted by molar-refractivity contribution is 7.13. The van der Waals surface area contributed by atoms with E-state index in [2.05, 4.69) is 15.3 Å². The third kappa shape index (κ3) is 2.16. The number of fused-ring (bicyclic) bond motifs is 1. The average molecular weight is 290 g/mol. The molecule has 3 aromatic heterocycles. The van der Waals surface area contributed by atoms with Crippen LogP contribution in [0.5, 0.6) is 0 Å². The molecule has 5 nitrogen and oxygen atoms in total. The van der Waals surface area contributed by atoms with Gasteiger partial charge in [-0.25, -0.2) is 14.4 Å². The predicted octanol–water partition coefficient (Wildman–Crippen LogP) is 2.80. The first-order valence-corrected chi connectivity index (χ1v) is 6.80. The molecular weight excluding hydrogens is 279 g/mol. The van der Waals surface area contributed by atoms with Gasteiger partial charge in [0, 0.05) is 11.6 Å². The normalized spacial score (nSPS) is 10.9. The Morgan fingerprint density at radius 2 is 2.15 bits per heavy atom. The van der Waals surface area contributed by atoms with Crippen molar-refractivity contribution in [3.8, 4) is 0 Å². The molecular formula is C13H11FN4OS. The van der Waals surface area contributed by atoms with Crippen LogP contribution < -0.4 is 5.32 Å². The van der Waals surface area contributed by atoms with Crippen LogP contribution >= 0.6 is 11.3 Å². The number of carbonyl (C=O) groups excluding carboxylic acids is 1. The lowest BCUT2D eigenvalue weighted by molar-refractivity contribution is 0.102. The molecule has 102 valence electrons. The number of pyridine rings is 1. The zero-order chi connectivity index (χ0) is 14.3. The number of halogens is 1. The molecule has 20 heavy (non-hydrogen) atoms. The van der Waals surface area contributed by atoms with Gasteiger partial charge in [0.15, 0.2) is 5.13 Å². The van der Waals surface area contributed by atoms with E-state index >= 15 is 0 Å². The zero-order valence-electron chi connectivity index (χ0n) is 10.8. The Balaban J connectivity index is 2.02. The van der Waals surface area contributed by atoms with Crippen molar-refractivity contribution in [3.63, 3.8) is 0 Å². The Labute approximate surface area is 118 Å². The maximum atomic E-state index is 13.3. The third-order valence-electron chi connectivity index (χ3n) is 2.81. The van der Waals surface area contributed by atoms with Gasteiger partial charge in [0.25, 0.3) is 5.91 Å². The molecule has 0 aliphatic heterocycles.